The summed E-state index contributed by atoms with van der Waals surface area (Å²) in [6.45, 7) is 7.78. The van der Waals surface area contributed by atoms with Gasteiger partial charge in [0.25, 0.3) is 0 Å². The summed E-state index contributed by atoms with van der Waals surface area (Å²) in [4.78, 5) is 24.1. The van der Waals surface area contributed by atoms with Gasteiger partial charge in [0, 0.05) is 20.1 Å². The van der Waals surface area contributed by atoms with Crippen molar-refractivity contribution in [1.82, 2.24) is 10.2 Å². The number of carboxylic acids is 1. The average Bonchev–Trinajstić information content (AvgIpc) is 2.20. The van der Waals surface area contributed by atoms with E-state index in [1.54, 1.807) is 14.0 Å². The first-order valence-corrected chi connectivity index (χ1v) is 6.42. The van der Waals surface area contributed by atoms with E-state index in [9.17, 15) is 14.7 Å². The second kappa shape index (κ2) is 7.33. The number of likely N-dealkylation sites (N-methyl/N-ethyl adjacent to an activating group) is 1. The first-order chi connectivity index (χ1) is 8.53. The second-order valence-corrected chi connectivity index (χ2v) is 6.22. The number of aliphatic hydroxyl groups is 1. The smallest absolute Gasteiger partial charge is 0.317 e. The maximum Gasteiger partial charge on any atom is 0.317 e. The molecule has 0 radical (unpaired) electrons. The zero-order valence-electron chi connectivity index (χ0n) is 12.4. The van der Waals surface area contributed by atoms with Gasteiger partial charge >= 0.3 is 12.0 Å². The minimum atomic E-state index is -0.909. The summed E-state index contributed by atoms with van der Waals surface area (Å²) >= 11 is 0. The van der Waals surface area contributed by atoms with E-state index in [1.807, 2.05) is 20.8 Å². The topological polar surface area (TPSA) is 89.9 Å². The zero-order chi connectivity index (χ0) is 15.2. The van der Waals surface area contributed by atoms with E-state index in [0.29, 0.717) is 6.42 Å². The number of urea groups is 1. The number of nitrogens with one attached hydrogen (secondary N) is 1. The standard InChI is InChI=1S/C13H26N2O4/c1-9(16)8-15(5)12(19)14-7-10(11(17)18)6-13(2,3)4/h9-10,16H,6-8H2,1-5H3,(H,14,19)(H,17,18). The Hall–Kier alpha value is -1.30. The van der Waals surface area contributed by atoms with Crippen LogP contribution < -0.4 is 5.32 Å². The second-order valence-electron chi connectivity index (χ2n) is 6.22. The van der Waals surface area contributed by atoms with Gasteiger partial charge in [-0.3, -0.25) is 4.79 Å². The third kappa shape index (κ3) is 8.42. The molecule has 0 aromatic carbocycles. The Balaban J connectivity index is 4.33. The number of carbonyl (C=O) groups is 2. The van der Waals surface area contributed by atoms with Gasteiger partial charge in [-0.25, -0.2) is 4.79 Å². The van der Waals surface area contributed by atoms with Crippen LogP contribution >= 0.6 is 0 Å². The highest BCUT2D eigenvalue weighted by atomic mass is 16.4. The van der Waals surface area contributed by atoms with Gasteiger partial charge in [0.1, 0.15) is 0 Å². The molecule has 0 aromatic heterocycles. The van der Waals surface area contributed by atoms with Crippen molar-refractivity contribution in [3.8, 4) is 0 Å². The molecule has 0 saturated heterocycles. The predicted molar refractivity (Wildman–Crippen MR) is 72.9 cm³/mol. The van der Waals surface area contributed by atoms with Crippen LogP contribution in [-0.2, 0) is 4.79 Å². The molecule has 0 bridgehead atoms. The van der Waals surface area contributed by atoms with E-state index < -0.39 is 18.0 Å². The van der Waals surface area contributed by atoms with E-state index in [4.69, 9.17) is 5.11 Å². The van der Waals surface area contributed by atoms with Crippen LogP contribution in [0.15, 0.2) is 0 Å². The third-order valence-corrected chi connectivity index (χ3v) is 2.59. The summed E-state index contributed by atoms with van der Waals surface area (Å²) < 4.78 is 0. The molecular formula is C13H26N2O4. The lowest BCUT2D eigenvalue weighted by molar-refractivity contribution is -0.142. The van der Waals surface area contributed by atoms with Crippen molar-refractivity contribution < 1.29 is 19.8 Å². The number of rotatable bonds is 6. The van der Waals surface area contributed by atoms with Crippen molar-refractivity contribution in [2.45, 2.75) is 40.2 Å². The molecular weight excluding hydrogens is 248 g/mol. The van der Waals surface area contributed by atoms with E-state index in [2.05, 4.69) is 5.32 Å². The molecule has 0 aliphatic carbocycles. The van der Waals surface area contributed by atoms with E-state index in [0.717, 1.165) is 0 Å². The summed E-state index contributed by atoms with van der Waals surface area (Å²) in [5, 5.41) is 20.9. The van der Waals surface area contributed by atoms with Crippen molar-refractivity contribution in [3.05, 3.63) is 0 Å². The molecule has 0 aliphatic rings. The summed E-state index contributed by atoms with van der Waals surface area (Å²) in [6, 6.07) is -0.374. The zero-order valence-corrected chi connectivity index (χ0v) is 12.4. The SMILES string of the molecule is CC(O)CN(C)C(=O)NCC(CC(C)(C)C)C(=O)O. The van der Waals surface area contributed by atoms with Crippen molar-refractivity contribution in [3.63, 3.8) is 0 Å². The number of carbonyl (C=O) groups excluding carboxylic acids is 1. The first-order valence-electron chi connectivity index (χ1n) is 6.42. The lowest BCUT2D eigenvalue weighted by atomic mass is 9.84. The highest BCUT2D eigenvalue weighted by Crippen LogP contribution is 2.24. The molecule has 0 aromatic rings. The fraction of sp³-hybridized carbons (Fsp3) is 0.846. The predicted octanol–water partition coefficient (Wildman–Crippen LogP) is 1.15. The summed E-state index contributed by atoms with van der Waals surface area (Å²) in [6.07, 6.45) is -0.122. The van der Waals surface area contributed by atoms with Gasteiger partial charge in [-0.1, -0.05) is 20.8 Å². The third-order valence-electron chi connectivity index (χ3n) is 2.59. The number of carboxylic acid groups (broad SMARTS) is 1. The van der Waals surface area contributed by atoms with Crippen LogP contribution in [0.4, 0.5) is 4.79 Å². The normalized spacial score (nSPS) is 14.6. The lowest BCUT2D eigenvalue weighted by Crippen LogP contribution is -2.43. The molecule has 6 heteroatoms. The Morgan fingerprint density at radius 1 is 1.32 bits per heavy atom. The highest BCUT2D eigenvalue weighted by Gasteiger charge is 2.25. The van der Waals surface area contributed by atoms with Gasteiger partial charge in [0.15, 0.2) is 0 Å². The molecule has 6 nitrogen and oxygen atoms in total. The molecule has 0 aliphatic heterocycles. The monoisotopic (exact) mass is 274 g/mol. The van der Waals surface area contributed by atoms with Crippen molar-refractivity contribution in [2.24, 2.45) is 11.3 Å². The number of hydrogen-bond donors (Lipinski definition) is 3. The summed E-state index contributed by atoms with van der Waals surface area (Å²) in [5.74, 6) is -1.52. The van der Waals surface area contributed by atoms with E-state index >= 15 is 0 Å². The quantitative estimate of drug-likeness (QED) is 0.677. The lowest BCUT2D eigenvalue weighted by Gasteiger charge is -2.25. The molecule has 19 heavy (non-hydrogen) atoms. The van der Waals surface area contributed by atoms with Crippen LogP contribution in [0, 0.1) is 11.3 Å². The Labute approximate surface area is 114 Å². The van der Waals surface area contributed by atoms with Crippen LogP contribution in [0.2, 0.25) is 0 Å². The van der Waals surface area contributed by atoms with Crippen LogP contribution in [-0.4, -0.2) is 53.4 Å². The van der Waals surface area contributed by atoms with Gasteiger partial charge in [0.05, 0.1) is 12.0 Å². The van der Waals surface area contributed by atoms with E-state index in [1.165, 1.54) is 4.90 Å². The fourth-order valence-corrected chi connectivity index (χ4v) is 1.81. The molecule has 0 heterocycles. The fourth-order valence-electron chi connectivity index (χ4n) is 1.81. The molecule has 0 spiro atoms. The number of aliphatic hydroxyl groups excluding tert-OH is 1. The largest absolute Gasteiger partial charge is 0.481 e. The van der Waals surface area contributed by atoms with E-state index in [-0.39, 0.29) is 24.5 Å². The van der Waals surface area contributed by atoms with Crippen molar-refractivity contribution in [2.75, 3.05) is 20.1 Å². The molecule has 112 valence electrons. The number of amides is 2. The molecule has 3 N–H and O–H groups in total. The van der Waals surface area contributed by atoms with Gasteiger partial charge in [-0.05, 0) is 18.8 Å². The Morgan fingerprint density at radius 2 is 1.84 bits per heavy atom. The maximum atomic E-state index is 11.7. The first kappa shape index (κ1) is 17.7. The van der Waals surface area contributed by atoms with Gasteiger partial charge in [-0.2, -0.15) is 0 Å². The minimum Gasteiger partial charge on any atom is -0.481 e. The molecule has 0 saturated carbocycles. The summed E-state index contributed by atoms with van der Waals surface area (Å²) in [7, 11) is 1.56. The Kier molecular flexibility index (Phi) is 6.83. The molecule has 2 atom stereocenters. The highest BCUT2D eigenvalue weighted by molar-refractivity contribution is 5.75. The number of hydrogen-bond acceptors (Lipinski definition) is 3. The van der Waals surface area contributed by atoms with Crippen LogP contribution in [0.5, 0.6) is 0 Å². The van der Waals surface area contributed by atoms with Crippen molar-refractivity contribution >= 4 is 12.0 Å². The van der Waals surface area contributed by atoms with Crippen LogP contribution in [0.25, 0.3) is 0 Å². The number of aliphatic carboxylic acids is 1. The molecule has 0 rings (SSSR count). The maximum absolute atomic E-state index is 11.7. The van der Waals surface area contributed by atoms with Gasteiger partial charge in [0.2, 0.25) is 0 Å². The van der Waals surface area contributed by atoms with Crippen molar-refractivity contribution in [1.29, 1.82) is 0 Å². The number of nitrogens with zero attached hydrogens (tertiary/aromatic N) is 1. The molecule has 2 amide bonds. The van der Waals surface area contributed by atoms with Crippen LogP contribution in [0.3, 0.4) is 0 Å². The molecule has 0 fully saturated rings. The molecule has 2 unspecified atom stereocenters. The van der Waals surface area contributed by atoms with Gasteiger partial charge in [-0.15, -0.1) is 0 Å². The average molecular weight is 274 g/mol. The minimum absolute atomic E-state index is 0.0928. The summed E-state index contributed by atoms with van der Waals surface area (Å²) in [5.41, 5.74) is -0.112. The van der Waals surface area contributed by atoms with Gasteiger partial charge < -0.3 is 20.4 Å². The Morgan fingerprint density at radius 3 is 2.21 bits per heavy atom. The van der Waals surface area contributed by atoms with Crippen LogP contribution in [0.1, 0.15) is 34.1 Å². The Bertz CT molecular complexity index is 310.